The summed E-state index contributed by atoms with van der Waals surface area (Å²) in [6.07, 6.45) is 16.8. The van der Waals surface area contributed by atoms with Gasteiger partial charge >= 0.3 is 0 Å². The lowest BCUT2D eigenvalue weighted by atomic mass is 9.48. The summed E-state index contributed by atoms with van der Waals surface area (Å²) in [4.78, 5) is 0. The van der Waals surface area contributed by atoms with E-state index in [1.807, 2.05) is 0 Å². The summed E-state index contributed by atoms with van der Waals surface area (Å²) in [6.45, 7) is 2.33. The molecule has 5 aliphatic carbocycles. The Morgan fingerprint density at radius 2 is 1.52 bits per heavy atom. The normalized spacial score (nSPS) is 50.3. The molecular formula is C20H34O. The van der Waals surface area contributed by atoms with Crippen LogP contribution in [0.25, 0.3) is 0 Å². The van der Waals surface area contributed by atoms with Crippen LogP contribution in [-0.2, 0) is 0 Å². The minimum atomic E-state index is 0.00602. The summed E-state index contributed by atoms with van der Waals surface area (Å²) in [5.74, 6) is 4.50. The lowest BCUT2D eigenvalue weighted by Crippen LogP contribution is -2.48. The van der Waals surface area contributed by atoms with Crippen LogP contribution in [0, 0.1) is 35.0 Å². The Bertz CT molecular complexity index is 339. The van der Waals surface area contributed by atoms with Gasteiger partial charge in [-0.15, -0.1) is 0 Å². The molecule has 120 valence electrons. The van der Waals surface area contributed by atoms with E-state index in [1.165, 1.54) is 70.6 Å². The van der Waals surface area contributed by atoms with Crippen molar-refractivity contribution in [3.63, 3.8) is 0 Å². The Kier molecular flexibility index (Phi) is 3.84. The van der Waals surface area contributed by atoms with E-state index in [1.54, 1.807) is 0 Å². The molecule has 0 aromatic carbocycles. The maximum Gasteiger partial charge on any atom is 0.0576 e. The van der Waals surface area contributed by atoms with Crippen molar-refractivity contribution in [3.05, 3.63) is 0 Å². The quantitative estimate of drug-likeness (QED) is 0.757. The smallest absolute Gasteiger partial charge is 0.0576 e. The fraction of sp³-hybridized carbons (Fsp3) is 1.00. The van der Waals surface area contributed by atoms with Gasteiger partial charge in [0.1, 0.15) is 0 Å². The number of hydrogen-bond acceptors (Lipinski definition) is 1. The Morgan fingerprint density at radius 1 is 0.952 bits per heavy atom. The highest BCUT2D eigenvalue weighted by Crippen LogP contribution is 2.62. The summed E-state index contributed by atoms with van der Waals surface area (Å²) in [5, 5.41) is 11.0. The van der Waals surface area contributed by atoms with Crippen LogP contribution in [-0.4, -0.2) is 11.2 Å². The van der Waals surface area contributed by atoms with E-state index in [2.05, 4.69) is 6.92 Å². The van der Waals surface area contributed by atoms with Crippen molar-refractivity contribution in [1.29, 1.82) is 0 Å². The van der Waals surface area contributed by atoms with Gasteiger partial charge in [-0.2, -0.15) is 0 Å². The van der Waals surface area contributed by atoms with E-state index >= 15 is 0 Å². The molecule has 0 spiro atoms. The standard InChI is InChI=1S/C20H34O/c1-2-17-5-3-4-6-18(17)19(21)13-20-10-14-7-15(11-20)9-16(8-14)12-20/h14-19,21H,2-13H2,1H3. The highest BCUT2D eigenvalue weighted by Gasteiger charge is 2.51. The first-order valence-electron chi connectivity index (χ1n) is 9.85. The second-order valence-corrected chi connectivity index (χ2v) is 9.31. The summed E-state index contributed by atoms with van der Waals surface area (Å²) in [5.41, 5.74) is 0.559. The van der Waals surface area contributed by atoms with E-state index in [4.69, 9.17) is 0 Å². The molecule has 21 heavy (non-hydrogen) atoms. The van der Waals surface area contributed by atoms with Crippen LogP contribution >= 0.6 is 0 Å². The fourth-order valence-corrected chi connectivity index (χ4v) is 7.38. The first kappa shape index (κ1) is 14.5. The highest BCUT2D eigenvalue weighted by atomic mass is 16.3. The molecule has 0 aromatic heterocycles. The molecule has 5 saturated carbocycles. The Morgan fingerprint density at radius 3 is 2.10 bits per heavy atom. The molecule has 1 N–H and O–H groups in total. The van der Waals surface area contributed by atoms with E-state index in [0.717, 1.165) is 30.1 Å². The minimum absolute atomic E-state index is 0.00602. The predicted octanol–water partition coefficient (Wildman–Crippen LogP) is 5.17. The average Bonchev–Trinajstić information content (AvgIpc) is 2.45. The topological polar surface area (TPSA) is 20.2 Å². The van der Waals surface area contributed by atoms with Gasteiger partial charge < -0.3 is 5.11 Å². The molecule has 1 heteroatoms. The maximum atomic E-state index is 11.0. The second kappa shape index (κ2) is 5.55. The molecule has 5 rings (SSSR count). The third kappa shape index (κ3) is 2.69. The van der Waals surface area contributed by atoms with Gasteiger partial charge in [0.05, 0.1) is 6.10 Å². The van der Waals surface area contributed by atoms with Crippen LogP contribution < -0.4 is 0 Å². The minimum Gasteiger partial charge on any atom is -0.393 e. The lowest BCUT2D eigenvalue weighted by Gasteiger charge is -2.58. The SMILES string of the molecule is CCC1CCCCC1C(O)CC12CC3CC(CC(C3)C1)C2. The van der Waals surface area contributed by atoms with Crippen molar-refractivity contribution in [2.75, 3.05) is 0 Å². The van der Waals surface area contributed by atoms with Gasteiger partial charge in [0, 0.05) is 0 Å². The van der Waals surface area contributed by atoms with Crippen LogP contribution in [0.1, 0.15) is 84.0 Å². The molecule has 1 nitrogen and oxygen atoms in total. The lowest BCUT2D eigenvalue weighted by molar-refractivity contribution is -0.0902. The Hall–Kier alpha value is -0.0400. The average molecular weight is 290 g/mol. The first-order chi connectivity index (χ1) is 10.2. The number of hydrogen-bond donors (Lipinski definition) is 1. The highest BCUT2D eigenvalue weighted by molar-refractivity contribution is 5.02. The molecule has 0 aliphatic heterocycles. The third-order valence-corrected chi connectivity index (χ3v) is 7.79. The van der Waals surface area contributed by atoms with Crippen molar-refractivity contribution < 1.29 is 5.11 Å². The van der Waals surface area contributed by atoms with Crippen LogP contribution in [0.5, 0.6) is 0 Å². The van der Waals surface area contributed by atoms with Crippen LogP contribution in [0.15, 0.2) is 0 Å². The van der Waals surface area contributed by atoms with E-state index in [-0.39, 0.29) is 6.10 Å². The molecule has 0 amide bonds. The van der Waals surface area contributed by atoms with Crippen LogP contribution in [0.2, 0.25) is 0 Å². The molecule has 0 saturated heterocycles. The van der Waals surface area contributed by atoms with Crippen LogP contribution in [0.4, 0.5) is 0 Å². The largest absolute Gasteiger partial charge is 0.393 e. The molecule has 5 aliphatic rings. The van der Waals surface area contributed by atoms with Gasteiger partial charge in [-0.05, 0) is 86.4 Å². The number of aliphatic hydroxyl groups excluding tert-OH is 1. The monoisotopic (exact) mass is 290 g/mol. The van der Waals surface area contributed by atoms with E-state index in [9.17, 15) is 5.11 Å². The molecule has 0 aromatic rings. The summed E-state index contributed by atoms with van der Waals surface area (Å²) in [7, 11) is 0. The predicted molar refractivity (Wildman–Crippen MR) is 87.0 cm³/mol. The molecule has 5 fully saturated rings. The molecular weight excluding hydrogens is 256 g/mol. The summed E-state index contributed by atoms with van der Waals surface area (Å²) >= 11 is 0. The Balaban J connectivity index is 1.45. The number of rotatable bonds is 4. The zero-order valence-corrected chi connectivity index (χ0v) is 13.9. The van der Waals surface area contributed by atoms with Gasteiger partial charge in [0.25, 0.3) is 0 Å². The molecule has 3 unspecified atom stereocenters. The van der Waals surface area contributed by atoms with Crippen molar-refractivity contribution >= 4 is 0 Å². The maximum absolute atomic E-state index is 11.0. The first-order valence-corrected chi connectivity index (χ1v) is 9.85. The molecule has 4 bridgehead atoms. The van der Waals surface area contributed by atoms with Crippen molar-refractivity contribution in [2.45, 2.75) is 90.1 Å². The van der Waals surface area contributed by atoms with Crippen molar-refractivity contribution in [2.24, 2.45) is 35.0 Å². The molecule has 3 atom stereocenters. The molecule has 0 radical (unpaired) electrons. The fourth-order valence-electron chi connectivity index (χ4n) is 7.38. The second-order valence-electron chi connectivity index (χ2n) is 9.31. The molecule has 0 heterocycles. The van der Waals surface area contributed by atoms with E-state index in [0.29, 0.717) is 11.3 Å². The van der Waals surface area contributed by atoms with Gasteiger partial charge in [-0.3, -0.25) is 0 Å². The van der Waals surface area contributed by atoms with Gasteiger partial charge in [-0.1, -0.05) is 32.6 Å². The number of aliphatic hydroxyl groups is 1. The third-order valence-electron chi connectivity index (χ3n) is 7.79. The Labute approximate surface area is 130 Å². The van der Waals surface area contributed by atoms with Gasteiger partial charge in [-0.25, -0.2) is 0 Å². The van der Waals surface area contributed by atoms with E-state index < -0.39 is 0 Å². The zero-order valence-electron chi connectivity index (χ0n) is 13.9. The summed E-state index contributed by atoms with van der Waals surface area (Å²) in [6, 6.07) is 0. The van der Waals surface area contributed by atoms with Gasteiger partial charge in [0.15, 0.2) is 0 Å². The zero-order chi connectivity index (χ0) is 14.4. The summed E-state index contributed by atoms with van der Waals surface area (Å²) < 4.78 is 0. The van der Waals surface area contributed by atoms with Crippen LogP contribution in [0.3, 0.4) is 0 Å². The van der Waals surface area contributed by atoms with Crippen molar-refractivity contribution in [1.82, 2.24) is 0 Å². The van der Waals surface area contributed by atoms with Crippen molar-refractivity contribution in [3.8, 4) is 0 Å². The van der Waals surface area contributed by atoms with Gasteiger partial charge in [0.2, 0.25) is 0 Å².